The minimum Gasteiger partial charge on any atom is -0.267 e. The van der Waals surface area contributed by atoms with E-state index in [0.717, 1.165) is 11.3 Å². The number of carbonyl (C=O) groups is 1. The molecule has 1 N–H and O–H groups in total. The predicted octanol–water partition coefficient (Wildman–Crippen LogP) is 4.78. The quantitative estimate of drug-likeness (QED) is 0.634. The Kier molecular flexibility index (Phi) is 5.58. The van der Waals surface area contributed by atoms with Gasteiger partial charge in [0.25, 0.3) is 5.91 Å². The average molecular weight is 335 g/mol. The lowest BCUT2D eigenvalue weighted by atomic mass is 10.0. The van der Waals surface area contributed by atoms with Crippen molar-refractivity contribution < 1.29 is 4.79 Å². The summed E-state index contributed by atoms with van der Waals surface area (Å²) in [7, 11) is 0. The van der Waals surface area contributed by atoms with Gasteiger partial charge in [0.2, 0.25) is 0 Å². The second kappa shape index (κ2) is 7.43. The Bertz CT molecular complexity index is 697. The molecule has 0 heterocycles. The van der Waals surface area contributed by atoms with Gasteiger partial charge < -0.3 is 0 Å². The van der Waals surface area contributed by atoms with Gasteiger partial charge in [-0.25, -0.2) is 5.43 Å². The van der Waals surface area contributed by atoms with E-state index in [1.165, 1.54) is 6.07 Å². The molecule has 0 bridgehead atoms. The molecule has 0 aliphatic heterocycles. The number of nitrogens with one attached hydrogen (secondary N) is 1. The Morgan fingerprint density at radius 1 is 1.09 bits per heavy atom. The minimum absolute atomic E-state index is 0.170. The van der Waals surface area contributed by atoms with Crippen molar-refractivity contribution in [1.82, 2.24) is 5.43 Å². The summed E-state index contributed by atoms with van der Waals surface area (Å²) in [4.78, 5) is 12.2. The van der Waals surface area contributed by atoms with Crippen molar-refractivity contribution in [2.45, 2.75) is 13.8 Å². The molecule has 2 aromatic rings. The summed E-state index contributed by atoms with van der Waals surface area (Å²) in [6.07, 6.45) is 0. The third-order valence-corrected chi connectivity index (χ3v) is 3.62. The maximum Gasteiger partial charge on any atom is 0.272 e. The van der Waals surface area contributed by atoms with Gasteiger partial charge in [-0.3, -0.25) is 4.79 Å². The SMILES string of the molecule is CC(C)/C(=N\NC(=O)c1ccc(Cl)cc1Cl)c1ccccc1. The Morgan fingerprint density at radius 3 is 2.36 bits per heavy atom. The third-order valence-electron chi connectivity index (χ3n) is 3.07. The van der Waals surface area contributed by atoms with Crippen molar-refractivity contribution in [2.24, 2.45) is 11.0 Å². The molecular weight excluding hydrogens is 319 g/mol. The summed E-state index contributed by atoms with van der Waals surface area (Å²) >= 11 is 11.9. The van der Waals surface area contributed by atoms with Crippen LogP contribution in [0.4, 0.5) is 0 Å². The molecule has 114 valence electrons. The maximum absolute atomic E-state index is 12.2. The second-order valence-corrected chi connectivity index (χ2v) is 5.93. The molecule has 5 heteroatoms. The summed E-state index contributed by atoms with van der Waals surface area (Å²) in [6.45, 7) is 4.04. The van der Waals surface area contributed by atoms with Crippen LogP contribution in [0.25, 0.3) is 0 Å². The Labute approximate surface area is 139 Å². The standard InChI is InChI=1S/C17H16Cl2N2O/c1-11(2)16(12-6-4-3-5-7-12)20-21-17(22)14-9-8-13(18)10-15(14)19/h3-11H,1-2H3,(H,21,22)/b20-16+. The molecule has 0 aromatic heterocycles. The average Bonchev–Trinajstić information content (AvgIpc) is 2.48. The van der Waals surface area contributed by atoms with Crippen LogP contribution in [0.15, 0.2) is 53.6 Å². The number of amides is 1. The van der Waals surface area contributed by atoms with E-state index in [1.54, 1.807) is 12.1 Å². The fourth-order valence-electron chi connectivity index (χ4n) is 1.98. The lowest BCUT2D eigenvalue weighted by Gasteiger charge is -2.11. The Balaban J connectivity index is 2.22. The highest BCUT2D eigenvalue weighted by Gasteiger charge is 2.12. The van der Waals surface area contributed by atoms with Gasteiger partial charge in [0, 0.05) is 5.02 Å². The van der Waals surface area contributed by atoms with Crippen LogP contribution in [-0.2, 0) is 0 Å². The van der Waals surface area contributed by atoms with Crippen LogP contribution in [0.3, 0.4) is 0 Å². The first-order valence-corrected chi connectivity index (χ1v) is 7.63. The zero-order valence-electron chi connectivity index (χ0n) is 12.3. The molecule has 0 spiro atoms. The third kappa shape index (κ3) is 4.09. The summed E-state index contributed by atoms with van der Waals surface area (Å²) in [5, 5.41) is 5.04. The van der Waals surface area contributed by atoms with E-state index in [1.807, 2.05) is 44.2 Å². The molecule has 0 saturated heterocycles. The van der Waals surface area contributed by atoms with Crippen molar-refractivity contribution in [3.63, 3.8) is 0 Å². The molecule has 0 unspecified atom stereocenters. The monoisotopic (exact) mass is 334 g/mol. The highest BCUT2D eigenvalue weighted by atomic mass is 35.5. The molecule has 0 aliphatic rings. The molecule has 2 aromatic carbocycles. The van der Waals surface area contributed by atoms with E-state index in [9.17, 15) is 4.79 Å². The molecule has 22 heavy (non-hydrogen) atoms. The number of rotatable bonds is 4. The highest BCUT2D eigenvalue weighted by Crippen LogP contribution is 2.20. The molecule has 0 radical (unpaired) electrons. The zero-order valence-corrected chi connectivity index (χ0v) is 13.8. The zero-order chi connectivity index (χ0) is 16.1. The van der Waals surface area contributed by atoms with Crippen LogP contribution in [0.1, 0.15) is 29.8 Å². The largest absolute Gasteiger partial charge is 0.272 e. The van der Waals surface area contributed by atoms with Gasteiger partial charge in [0.1, 0.15) is 0 Å². The van der Waals surface area contributed by atoms with Gasteiger partial charge in [0.05, 0.1) is 16.3 Å². The first kappa shape index (κ1) is 16.5. The van der Waals surface area contributed by atoms with Crippen LogP contribution < -0.4 is 5.43 Å². The van der Waals surface area contributed by atoms with E-state index in [0.29, 0.717) is 15.6 Å². The fraction of sp³-hybridized carbons (Fsp3) is 0.176. The van der Waals surface area contributed by atoms with Gasteiger partial charge in [-0.1, -0.05) is 67.4 Å². The number of hydrazone groups is 1. The number of nitrogens with zero attached hydrogens (tertiary/aromatic N) is 1. The maximum atomic E-state index is 12.2. The second-order valence-electron chi connectivity index (χ2n) is 5.08. The van der Waals surface area contributed by atoms with Crippen molar-refractivity contribution in [3.8, 4) is 0 Å². The number of carbonyl (C=O) groups excluding carboxylic acids is 1. The van der Waals surface area contributed by atoms with Crippen LogP contribution in [0.2, 0.25) is 10.0 Å². The first-order chi connectivity index (χ1) is 10.5. The van der Waals surface area contributed by atoms with Gasteiger partial charge in [0.15, 0.2) is 0 Å². The van der Waals surface area contributed by atoms with E-state index in [4.69, 9.17) is 23.2 Å². The van der Waals surface area contributed by atoms with Gasteiger partial charge in [-0.05, 0) is 29.7 Å². The lowest BCUT2D eigenvalue weighted by Crippen LogP contribution is -2.22. The highest BCUT2D eigenvalue weighted by molar-refractivity contribution is 6.36. The predicted molar refractivity (Wildman–Crippen MR) is 91.7 cm³/mol. The summed E-state index contributed by atoms with van der Waals surface area (Å²) < 4.78 is 0. The fourth-order valence-corrected chi connectivity index (χ4v) is 2.48. The van der Waals surface area contributed by atoms with Crippen LogP contribution in [-0.4, -0.2) is 11.6 Å². The number of halogens is 2. The van der Waals surface area contributed by atoms with Crippen LogP contribution in [0, 0.1) is 5.92 Å². The van der Waals surface area contributed by atoms with Crippen molar-refractivity contribution >= 4 is 34.8 Å². The van der Waals surface area contributed by atoms with Crippen molar-refractivity contribution in [2.75, 3.05) is 0 Å². The summed E-state index contributed by atoms with van der Waals surface area (Å²) in [5.41, 5.74) is 4.68. The molecule has 1 amide bonds. The topological polar surface area (TPSA) is 41.5 Å². The molecule has 0 fully saturated rings. The number of benzene rings is 2. The number of hydrogen-bond acceptors (Lipinski definition) is 2. The van der Waals surface area contributed by atoms with Crippen LogP contribution >= 0.6 is 23.2 Å². The van der Waals surface area contributed by atoms with E-state index >= 15 is 0 Å². The first-order valence-electron chi connectivity index (χ1n) is 6.87. The van der Waals surface area contributed by atoms with Gasteiger partial charge in [-0.15, -0.1) is 0 Å². The van der Waals surface area contributed by atoms with E-state index in [-0.39, 0.29) is 11.8 Å². The molecule has 0 aliphatic carbocycles. The number of hydrogen-bond donors (Lipinski definition) is 1. The summed E-state index contributed by atoms with van der Waals surface area (Å²) in [6, 6.07) is 14.5. The molecule has 2 rings (SSSR count). The smallest absolute Gasteiger partial charge is 0.267 e. The molecular formula is C17H16Cl2N2O. The van der Waals surface area contributed by atoms with E-state index < -0.39 is 0 Å². The Morgan fingerprint density at radius 2 is 1.77 bits per heavy atom. The van der Waals surface area contributed by atoms with Crippen molar-refractivity contribution in [3.05, 3.63) is 69.7 Å². The van der Waals surface area contributed by atoms with Gasteiger partial charge in [-0.2, -0.15) is 5.10 Å². The normalized spacial score (nSPS) is 11.6. The van der Waals surface area contributed by atoms with E-state index in [2.05, 4.69) is 10.5 Å². The van der Waals surface area contributed by atoms with Crippen molar-refractivity contribution in [1.29, 1.82) is 0 Å². The van der Waals surface area contributed by atoms with Crippen LogP contribution in [0.5, 0.6) is 0 Å². The molecule has 0 atom stereocenters. The lowest BCUT2D eigenvalue weighted by molar-refractivity contribution is 0.0955. The minimum atomic E-state index is -0.365. The molecule has 3 nitrogen and oxygen atoms in total. The summed E-state index contributed by atoms with van der Waals surface area (Å²) in [5.74, 6) is -0.195. The molecule has 0 saturated carbocycles. The Hall–Kier alpha value is -1.84. The van der Waals surface area contributed by atoms with Gasteiger partial charge >= 0.3 is 0 Å².